The molecule has 1 aliphatic rings. The van der Waals surface area contributed by atoms with E-state index in [0.717, 1.165) is 0 Å². The summed E-state index contributed by atoms with van der Waals surface area (Å²) >= 11 is 0. The Kier molecular flexibility index (Phi) is 3.28. The lowest BCUT2D eigenvalue weighted by molar-refractivity contribution is -0.135. The SMILES string of the molecule is COC(=O)C1=CN(C)[C@@H](c2ccccc2)C=C1. The van der Waals surface area contributed by atoms with Crippen molar-refractivity contribution in [1.29, 1.82) is 0 Å². The zero-order valence-electron chi connectivity index (χ0n) is 9.96. The van der Waals surface area contributed by atoms with Crippen LogP contribution in [0.5, 0.6) is 0 Å². The Morgan fingerprint density at radius 3 is 2.59 bits per heavy atom. The lowest BCUT2D eigenvalue weighted by Gasteiger charge is -2.28. The smallest absolute Gasteiger partial charge is 0.339 e. The van der Waals surface area contributed by atoms with Crippen molar-refractivity contribution in [2.75, 3.05) is 14.2 Å². The summed E-state index contributed by atoms with van der Waals surface area (Å²) in [6.45, 7) is 0. The first kappa shape index (κ1) is 11.5. The van der Waals surface area contributed by atoms with Crippen LogP contribution in [0.4, 0.5) is 0 Å². The highest BCUT2D eigenvalue weighted by atomic mass is 16.5. The van der Waals surface area contributed by atoms with E-state index in [0.29, 0.717) is 5.57 Å². The summed E-state index contributed by atoms with van der Waals surface area (Å²) in [5.41, 5.74) is 1.77. The second kappa shape index (κ2) is 4.87. The molecule has 1 atom stereocenters. The average Bonchev–Trinajstić information content (AvgIpc) is 2.38. The number of methoxy groups -OCH3 is 1. The third kappa shape index (κ3) is 2.38. The highest BCUT2D eigenvalue weighted by Gasteiger charge is 2.18. The number of rotatable bonds is 2. The molecule has 88 valence electrons. The van der Waals surface area contributed by atoms with E-state index < -0.39 is 0 Å². The highest BCUT2D eigenvalue weighted by molar-refractivity contribution is 5.91. The molecule has 3 nitrogen and oxygen atoms in total. The van der Waals surface area contributed by atoms with Gasteiger partial charge in [-0.25, -0.2) is 4.79 Å². The second-order valence-electron chi connectivity index (χ2n) is 3.96. The van der Waals surface area contributed by atoms with Crippen molar-refractivity contribution in [2.24, 2.45) is 0 Å². The molecule has 3 heteroatoms. The highest BCUT2D eigenvalue weighted by Crippen LogP contribution is 2.25. The Balaban J connectivity index is 2.20. The molecule has 0 saturated carbocycles. The average molecular weight is 229 g/mol. The molecule has 0 aliphatic carbocycles. The lowest BCUT2D eigenvalue weighted by Crippen LogP contribution is -2.22. The number of carbonyl (C=O) groups is 1. The van der Waals surface area contributed by atoms with E-state index in [1.54, 1.807) is 0 Å². The minimum Gasteiger partial charge on any atom is -0.465 e. The zero-order valence-corrected chi connectivity index (χ0v) is 9.96. The maximum atomic E-state index is 11.4. The van der Waals surface area contributed by atoms with Gasteiger partial charge in [-0.05, 0) is 11.6 Å². The summed E-state index contributed by atoms with van der Waals surface area (Å²) < 4.78 is 4.69. The second-order valence-corrected chi connectivity index (χ2v) is 3.96. The van der Waals surface area contributed by atoms with E-state index in [9.17, 15) is 4.79 Å². The Morgan fingerprint density at radius 1 is 1.29 bits per heavy atom. The molecular weight excluding hydrogens is 214 g/mol. The Hall–Kier alpha value is -2.03. The van der Waals surface area contributed by atoms with Crippen LogP contribution in [0.15, 0.2) is 54.3 Å². The first-order chi connectivity index (χ1) is 8.22. The van der Waals surface area contributed by atoms with Crippen molar-refractivity contribution in [3.8, 4) is 0 Å². The van der Waals surface area contributed by atoms with E-state index in [-0.39, 0.29) is 12.0 Å². The van der Waals surface area contributed by atoms with Crippen molar-refractivity contribution in [3.05, 3.63) is 59.8 Å². The minimum absolute atomic E-state index is 0.171. The molecule has 0 aromatic heterocycles. The van der Waals surface area contributed by atoms with Gasteiger partial charge in [0.2, 0.25) is 0 Å². The zero-order chi connectivity index (χ0) is 12.3. The van der Waals surface area contributed by atoms with Crippen LogP contribution in [0.3, 0.4) is 0 Å². The summed E-state index contributed by atoms with van der Waals surface area (Å²) in [5, 5.41) is 0. The van der Waals surface area contributed by atoms with Crippen molar-refractivity contribution < 1.29 is 9.53 Å². The molecule has 1 aliphatic heterocycles. The molecule has 0 spiro atoms. The Bertz CT molecular complexity index is 462. The van der Waals surface area contributed by atoms with E-state index in [4.69, 9.17) is 4.74 Å². The third-order valence-electron chi connectivity index (χ3n) is 2.80. The van der Waals surface area contributed by atoms with Crippen LogP contribution in [0.25, 0.3) is 0 Å². The summed E-state index contributed by atoms with van der Waals surface area (Å²) in [7, 11) is 3.34. The van der Waals surface area contributed by atoms with E-state index in [2.05, 4.69) is 12.1 Å². The Labute approximate surface area is 101 Å². The van der Waals surface area contributed by atoms with Crippen LogP contribution < -0.4 is 0 Å². The van der Waals surface area contributed by atoms with E-state index >= 15 is 0 Å². The predicted molar refractivity (Wildman–Crippen MR) is 66.2 cm³/mol. The monoisotopic (exact) mass is 229 g/mol. The summed E-state index contributed by atoms with van der Waals surface area (Å²) in [4.78, 5) is 13.4. The molecule has 0 N–H and O–H groups in total. The summed E-state index contributed by atoms with van der Waals surface area (Å²) in [6.07, 6.45) is 5.62. The number of likely N-dealkylation sites (N-methyl/N-ethyl adjacent to an activating group) is 1. The number of esters is 1. The van der Waals surface area contributed by atoms with Crippen LogP contribution in [0, 0.1) is 0 Å². The normalized spacial score (nSPS) is 18.8. The van der Waals surface area contributed by atoms with Crippen molar-refractivity contribution in [3.63, 3.8) is 0 Å². The van der Waals surface area contributed by atoms with Gasteiger partial charge in [0, 0.05) is 13.2 Å². The first-order valence-corrected chi connectivity index (χ1v) is 5.47. The van der Waals surface area contributed by atoms with Gasteiger partial charge in [0.1, 0.15) is 0 Å². The van der Waals surface area contributed by atoms with E-state index in [1.807, 2.05) is 48.5 Å². The molecule has 0 unspecified atom stereocenters. The van der Waals surface area contributed by atoms with Crippen LogP contribution in [0.1, 0.15) is 11.6 Å². The fraction of sp³-hybridized carbons (Fsp3) is 0.214. The molecule has 17 heavy (non-hydrogen) atoms. The molecule has 0 radical (unpaired) electrons. The van der Waals surface area contributed by atoms with E-state index in [1.165, 1.54) is 12.7 Å². The number of nitrogens with zero attached hydrogens (tertiary/aromatic N) is 1. The number of hydrogen-bond acceptors (Lipinski definition) is 3. The fourth-order valence-corrected chi connectivity index (χ4v) is 1.91. The molecule has 0 bridgehead atoms. The van der Waals surface area contributed by atoms with Crippen LogP contribution in [-0.4, -0.2) is 25.0 Å². The Morgan fingerprint density at radius 2 is 2.00 bits per heavy atom. The van der Waals surface area contributed by atoms with Gasteiger partial charge in [0.05, 0.1) is 18.7 Å². The largest absolute Gasteiger partial charge is 0.465 e. The number of benzene rings is 1. The standard InChI is InChI=1S/C14H15NO2/c1-15-10-12(14(16)17-2)8-9-13(15)11-6-4-3-5-7-11/h3-10,13H,1-2H3/t13-/m1/s1. The maximum absolute atomic E-state index is 11.4. The molecular formula is C14H15NO2. The van der Waals surface area contributed by atoms with Crippen LogP contribution >= 0.6 is 0 Å². The number of ether oxygens (including phenoxy) is 1. The van der Waals surface area contributed by atoms with Crippen molar-refractivity contribution in [1.82, 2.24) is 4.90 Å². The summed E-state index contributed by atoms with van der Waals surface area (Å²) in [5.74, 6) is -0.306. The van der Waals surface area contributed by atoms with Crippen LogP contribution in [0.2, 0.25) is 0 Å². The van der Waals surface area contributed by atoms with Crippen LogP contribution in [-0.2, 0) is 9.53 Å². The van der Waals surface area contributed by atoms with Gasteiger partial charge < -0.3 is 9.64 Å². The fourth-order valence-electron chi connectivity index (χ4n) is 1.91. The third-order valence-corrected chi connectivity index (χ3v) is 2.80. The molecule has 1 heterocycles. The maximum Gasteiger partial charge on any atom is 0.339 e. The minimum atomic E-state index is -0.306. The molecule has 1 aromatic carbocycles. The molecule has 1 aromatic rings. The topological polar surface area (TPSA) is 29.5 Å². The number of carbonyl (C=O) groups excluding carboxylic acids is 1. The van der Waals surface area contributed by atoms with Gasteiger partial charge in [-0.2, -0.15) is 0 Å². The van der Waals surface area contributed by atoms with Crippen molar-refractivity contribution >= 4 is 5.97 Å². The van der Waals surface area contributed by atoms with Gasteiger partial charge in [0.15, 0.2) is 0 Å². The van der Waals surface area contributed by atoms with Gasteiger partial charge in [0.25, 0.3) is 0 Å². The summed E-state index contributed by atoms with van der Waals surface area (Å²) in [6, 6.07) is 10.3. The van der Waals surface area contributed by atoms with Gasteiger partial charge in [-0.3, -0.25) is 0 Å². The molecule has 2 rings (SSSR count). The predicted octanol–water partition coefficient (Wildman–Crippen LogP) is 2.29. The molecule has 0 fully saturated rings. The van der Waals surface area contributed by atoms with Gasteiger partial charge >= 0.3 is 5.97 Å². The first-order valence-electron chi connectivity index (χ1n) is 5.47. The lowest BCUT2D eigenvalue weighted by atomic mass is 10.0. The molecule has 0 saturated heterocycles. The number of hydrogen-bond donors (Lipinski definition) is 0. The van der Waals surface area contributed by atoms with Gasteiger partial charge in [-0.1, -0.05) is 36.4 Å². The van der Waals surface area contributed by atoms with Crippen molar-refractivity contribution in [2.45, 2.75) is 6.04 Å². The van der Waals surface area contributed by atoms with Gasteiger partial charge in [-0.15, -0.1) is 0 Å². The quantitative estimate of drug-likeness (QED) is 0.729. The molecule has 0 amide bonds.